The lowest BCUT2D eigenvalue weighted by molar-refractivity contribution is -0.132. The summed E-state index contributed by atoms with van der Waals surface area (Å²) in [5, 5.41) is 10.9. The molecule has 9 heteroatoms. The second kappa shape index (κ2) is 6.21. The molecule has 0 amide bonds. The van der Waals surface area contributed by atoms with Crippen LogP contribution in [0, 0.1) is 0 Å². The van der Waals surface area contributed by atoms with Gasteiger partial charge in [-0.25, -0.2) is 4.31 Å². The Bertz CT molecular complexity index is 773. The molecule has 0 aliphatic carbocycles. The number of anilines is 1. The number of halogens is 1. The predicted molar refractivity (Wildman–Crippen MR) is 91.8 cm³/mol. The minimum Gasteiger partial charge on any atom is -0.502 e. The third-order valence-electron chi connectivity index (χ3n) is 3.53. The molecular weight excluding hydrogens is 358 g/mol. The van der Waals surface area contributed by atoms with Gasteiger partial charge in [-0.1, -0.05) is 11.6 Å². The minimum absolute atomic E-state index is 0.0556. The SMILES string of the molecule is CC(=O)Oc1c(N2CCCS2(O)O)oc(-c2ccc(Cl)cc2)c1O. The molecular formula is C15H16ClNO6S. The molecule has 1 aromatic carbocycles. The highest BCUT2D eigenvalue weighted by atomic mass is 35.5. The smallest absolute Gasteiger partial charge is 0.308 e. The Morgan fingerprint density at radius 2 is 2.00 bits per heavy atom. The summed E-state index contributed by atoms with van der Waals surface area (Å²) in [5.41, 5.74) is 0.507. The van der Waals surface area contributed by atoms with Crippen LogP contribution in [0.4, 0.5) is 5.88 Å². The van der Waals surface area contributed by atoms with Gasteiger partial charge in [-0.15, -0.1) is 10.8 Å². The van der Waals surface area contributed by atoms with E-state index < -0.39 is 16.7 Å². The first kappa shape index (κ1) is 17.0. The third-order valence-corrected chi connectivity index (χ3v) is 5.68. The standard InChI is InChI=1S/C15H16ClNO6S/c1-9(18)22-14-12(19)13(10-3-5-11(16)6-4-10)23-15(14)17-7-2-8-24(17,20)21/h3-6,19-21H,2,7-8H2,1H3. The van der Waals surface area contributed by atoms with Crippen molar-refractivity contribution in [2.75, 3.05) is 16.6 Å². The van der Waals surface area contributed by atoms with E-state index in [9.17, 15) is 19.0 Å². The van der Waals surface area contributed by atoms with Crippen LogP contribution >= 0.6 is 22.4 Å². The number of carbonyl (C=O) groups is 1. The van der Waals surface area contributed by atoms with Gasteiger partial charge in [-0.05, 0) is 30.7 Å². The van der Waals surface area contributed by atoms with Gasteiger partial charge in [0.05, 0.1) is 5.75 Å². The van der Waals surface area contributed by atoms with E-state index in [1.807, 2.05) is 0 Å². The van der Waals surface area contributed by atoms with E-state index in [2.05, 4.69) is 0 Å². The Balaban J connectivity index is 2.12. The maximum absolute atomic E-state index is 11.4. The average Bonchev–Trinajstić information content (AvgIpc) is 3.00. The van der Waals surface area contributed by atoms with Crippen LogP contribution in [-0.4, -0.2) is 32.5 Å². The quantitative estimate of drug-likeness (QED) is 0.695. The van der Waals surface area contributed by atoms with Crippen LogP contribution in [0.15, 0.2) is 28.7 Å². The average molecular weight is 374 g/mol. The Labute approximate surface area is 144 Å². The topological polar surface area (TPSA) is 103 Å². The van der Waals surface area contributed by atoms with E-state index in [0.717, 1.165) is 0 Å². The van der Waals surface area contributed by atoms with Gasteiger partial charge >= 0.3 is 5.97 Å². The molecule has 2 heterocycles. The van der Waals surface area contributed by atoms with Crippen molar-refractivity contribution < 1.29 is 28.2 Å². The lowest BCUT2D eigenvalue weighted by Gasteiger charge is -2.36. The van der Waals surface area contributed by atoms with E-state index in [1.165, 1.54) is 11.2 Å². The van der Waals surface area contributed by atoms with Crippen LogP contribution in [0.5, 0.6) is 11.5 Å². The molecule has 3 rings (SSSR count). The number of esters is 1. The molecule has 0 unspecified atom stereocenters. The molecule has 1 aromatic heterocycles. The molecule has 2 aromatic rings. The molecule has 0 spiro atoms. The van der Waals surface area contributed by atoms with E-state index in [1.54, 1.807) is 24.3 Å². The van der Waals surface area contributed by atoms with Crippen molar-refractivity contribution in [2.45, 2.75) is 13.3 Å². The summed E-state index contributed by atoms with van der Waals surface area (Å²) in [4.78, 5) is 11.4. The first-order valence-electron chi connectivity index (χ1n) is 7.13. The normalized spacial score (nSPS) is 17.8. The zero-order valence-electron chi connectivity index (χ0n) is 12.7. The molecule has 1 aliphatic heterocycles. The fraction of sp³-hybridized carbons (Fsp3) is 0.267. The highest BCUT2D eigenvalue weighted by Gasteiger charge is 2.37. The largest absolute Gasteiger partial charge is 0.502 e. The van der Waals surface area contributed by atoms with Gasteiger partial charge in [0.25, 0.3) is 5.88 Å². The molecule has 130 valence electrons. The second-order valence-corrected chi connectivity index (χ2v) is 7.86. The lowest BCUT2D eigenvalue weighted by atomic mass is 10.1. The van der Waals surface area contributed by atoms with Crippen molar-refractivity contribution >= 4 is 34.2 Å². The van der Waals surface area contributed by atoms with Crippen LogP contribution in [0.25, 0.3) is 11.3 Å². The first-order chi connectivity index (χ1) is 11.3. The fourth-order valence-corrected chi connectivity index (χ4v) is 4.16. The number of hydrogen-bond donors (Lipinski definition) is 3. The van der Waals surface area contributed by atoms with E-state index in [-0.39, 0.29) is 28.9 Å². The number of benzene rings is 1. The zero-order chi connectivity index (χ0) is 17.5. The summed E-state index contributed by atoms with van der Waals surface area (Å²) < 4.78 is 32.2. The number of furan rings is 1. The maximum Gasteiger partial charge on any atom is 0.308 e. The Morgan fingerprint density at radius 1 is 1.33 bits per heavy atom. The summed E-state index contributed by atoms with van der Waals surface area (Å²) in [6.45, 7) is 1.49. The van der Waals surface area contributed by atoms with Gasteiger partial charge in [0.2, 0.25) is 11.5 Å². The number of hydrogen-bond acceptors (Lipinski definition) is 7. The molecule has 0 radical (unpaired) electrons. The lowest BCUT2D eigenvalue weighted by Crippen LogP contribution is -2.22. The minimum atomic E-state index is -3.07. The predicted octanol–water partition coefficient (Wildman–Crippen LogP) is 4.11. The Kier molecular flexibility index (Phi) is 4.39. The number of carbonyl (C=O) groups excluding carboxylic acids is 1. The third kappa shape index (κ3) is 3.05. The maximum atomic E-state index is 11.4. The van der Waals surface area contributed by atoms with Gasteiger partial charge in [0.15, 0.2) is 5.76 Å². The van der Waals surface area contributed by atoms with Gasteiger partial charge in [0, 0.05) is 24.1 Å². The van der Waals surface area contributed by atoms with Gasteiger partial charge < -0.3 is 14.3 Å². The van der Waals surface area contributed by atoms with Crippen molar-refractivity contribution in [3.8, 4) is 22.8 Å². The van der Waals surface area contributed by atoms with E-state index >= 15 is 0 Å². The van der Waals surface area contributed by atoms with Crippen LogP contribution in [0.1, 0.15) is 13.3 Å². The Morgan fingerprint density at radius 3 is 2.54 bits per heavy atom. The first-order valence-corrected chi connectivity index (χ1v) is 9.18. The number of aromatic hydroxyl groups is 1. The number of rotatable bonds is 3. The summed E-state index contributed by atoms with van der Waals surface area (Å²) in [5.74, 6) is -1.11. The van der Waals surface area contributed by atoms with Gasteiger partial charge in [0.1, 0.15) is 0 Å². The van der Waals surface area contributed by atoms with Crippen molar-refractivity contribution in [2.24, 2.45) is 0 Å². The van der Waals surface area contributed by atoms with Crippen LogP contribution in [0.3, 0.4) is 0 Å². The van der Waals surface area contributed by atoms with Crippen molar-refractivity contribution in [3.63, 3.8) is 0 Å². The monoisotopic (exact) mass is 373 g/mol. The highest BCUT2D eigenvalue weighted by molar-refractivity contribution is 8.25. The summed E-state index contributed by atoms with van der Waals surface area (Å²) in [6.07, 6.45) is 0.541. The fourth-order valence-electron chi connectivity index (χ4n) is 2.49. The van der Waals surface area contributed by atoms with Gasteiger partial charge in [-0.3, -0.25) is 13.9 Å². The van der Waals surface area contributed by atoms with Crippen LogP contribution < -0.4 is 9.04 Å². The van der Waals surface area contributed by atoms with E-state index in [4.69, 9.17) is 20.8 Å². The molecule has 0 bridgehead atoms. The van der Waals surface area contributed by atoms with Crippen molar-refractivity contribution in [1.29, 1.82) is 0 Å². The molecule has 3 N–H and O–H groups in total. The summed E-state index contributed by atoms with van der Waals surface area (Å²) in [6, 6.07) is 6.50. The molecule has 1 saturated heterocycles. The molecule has 1 fully saturated rings. The molecule has 24 heavy (non-hydrogen) atoms. The van der Waals surface area contributed by atoms with Crippen LogP contribution in [-0.2, 0) is 4.79 Å². The number of nitrogens with zero attached hydrogens (tertiary/aromatic N) is 1. The second-order valence-electron chi connectivity index (χ2n) is 5.31. The van der Waals surface area contributed by atoms with Gasteiger partial charge in [-0.2, -0.15) is 0 Å². The van der Waals surface area contributed by atoms with Crippen molar-refractivity contribution in [3.05, 3.63) is 29.3 Å². The van der Waals surface area contributed by atoms with Crippen LogP contribution in [0.2, 0.25) is 5.02 Å². The molecule has 1 aliphatic rings. The Hall–Kier alpha value is -1.87. The van der Waals surface area contributed by atoms with Crippen molar-refractivity contribution in [1.82, 2.24) is 0 Å². The summed E-state index contributed by atoms with van der Waals surface area (Å²) >= 11 is 5.85. The molecule has 0 atom stereocenters. The zero-order valence-corrected chi connectivity index (χ0v) is 14.3. The highest BCUT2D eigenvalue weighted by Crippen LogP contribution is 2.57. The molecule has 0 saturated carbocycles. The van der Waals surface area contributed by atoms with E-state index in [0.29, 0.717) is 23.6 Å². The number of ether oxygens (including phenoxy) is 1. The molecule has 7 nitrogen and oxygen atoms in total. The summed E-state index contributed by atoms with van der Waals surface area (Å²) in [7, 11) is -3.07.